The van der Waals surface area contributed by atoms with Crippen molar-refractivity contribution in [2.75, 3.05) is 26.2 Å². The third-order valence-corrected chi connectivity index (χ3v) is 4.71. The molecule has 4 heterocycles. The van der Waals surface area contributed by atoms with Gasteiger partial charge >= 0.3 is 0 Å². The molecular formula is C21H24N12. The molecule has 0 fully saturated rings. The van der Waals surface area contributed by atoms with E-state index in [1.165, 1.54) is 0 Å². The normalized spacial score (nSPS) is 14.3. The lowest BCUT2D eigenvalue weighted by Crippen LogP contribution is -2.35. The van der Waals surface area contributed by atoms with Crippen molar-refractivity contribution in [2.24, 2.45) is 25.4 Å². The fraction of sp³-hybridized carbons (Fsp3) is 0.238. The smallest absolute Gasteiger partial charge is 0.0924 e. The lowest BCUT2D eigenvalue weighted by atomic mass is 9.88. The summed E-state index contributed by atoms with van der Waals surface area (Å²) in [5.41, 5.74) is 2.84. The number of hydrogen-bond acceptors (Lipinski definition) is 8. The first-order valence-corrected chi connectivity index (χ1v) is 10.2. The number of aliphatic imine (C=N–C) groups is 4. The van der Waals surface area contributed by atoms with Gasteiger partial charge in [0.15, 0.2) is 0 Å². The van der Waals surface area contributed by atoms with Gasteiger partial charge in [-0.05, 0) is 0 Å². The lowest BCUT2D eigenvalue weighted by Gasteiger charge is -2.27. The second-order valence-corrected chi connectivity index (χ2v) is 7.41. The maximum atomic E-state index is 4.65. The summed E-state index contributed by atoms with van der Waals surface area (Å²) in [6, 6.07) is 0. The zero-order chi connectivity index (χ0) is 22.6. The van der Waals surface area contributed by atoms with Crippen molar-refractivity contribution in [1.29, 1.82) is 0 Å². The summed E-state index contributed by atoms with van der Waals surface area (Å²) in [6.07, 6.45) is 20.4. The van der Waals surface area contributed by atoms with Crippen LogP contribution in [0, 0.1) is 5.41 Å². The Bertz CT molecular complexity index is 960. The number of H-pyrrole nitrogens is 4. The summed E-state index contributed by atoms with van der Waals surface area (Å²) in [5, 5.41) is 0. The van der Waals surface area contributed by atoms with Crippen LogP contribution >= 0.6 is 0 Å². The molecule has 33 heavy (non-hydrogen) atoms. The molecule has 0 radical (unpaired) electrons. The Balaban J connectivity index is 1.55. The summed E-state index contributed by atoms with van der Waals surface area (Å²) in [5.74, 6) is 0. The van der Waals surface area contributed by atoms with Crippen LogP contribution in [0.2, 0.25) is 0 Å². The second-order valence-electron chi connectivity index (χ2n) is 7.41. The molecule has 4 aromatic heterocycles. The van der Waals surface area contributed by atoms with Gasteiger partial charge in [-0.15, -0.1) is 0 Å². The van der Waals surface area contributed by atoms with Crippen molar-refractivity contribution in [1.82, 2.24) is 39.9 Å². The van der Waals surface area contributed by atoms with E-state index in [-0.39, 0.29) is 0 Å². The van der Waals surface area contributed by atoms with Crippen LogP contribution in [-0.2, 0) is 0 Å². The third-order valence-electron chi connectivity index (χ3n) is 4.71. The number of nitrogens with one attached hydrogen (secondary N) is 4. The highest BCUT2D eigenvalue weighted by atomic mass is 14.9. The fourth-order valence-electron chi connectivity index (χ4n) is 3.00. The predicted molar refractivity (Wildman–Crippen MR) is 127 cm³/mol. The Morgan fingerprint density at radius 1 is 0.515 bits per heavy atom. The number of nitrogens with zero attached hydrogens (tertiary/aromatic N) is 8. The van der Waals surface area contributed by atoms with Gasteiger partial charge in [-0.25, -0.2) is 19.9 Å². The quantitative estimate of drug-likeness (QED) is 0.242. The van der Waals surface area contributed by atoms with Crippen molar-refractivity contribution in [3.8, 4) is 0 Å². The average Bonchev–Trinajstić information content (AvgIpc) is 3.63. The Morgan fingerprint density at radius 2 is 0.788 bits per heavy atom. The highest BCUT2D eigenvalue weighted by Gasteiger charge is 2.29. The Kier molecular flexibility index (Phi) is 7.40. The second kappa shape index (κ2) is 11.2. The van der Waals surface area contributed by atoms with Crippen LogP contribution in [0.25, 0.3) is 0 Å². The van der Waals surface area contributed by atoms with Crippen molar-refractivity contribution in [2.45, 2.75) is 0 Å². The molecule has 0 spiro atoms. The summed E-state index contributed by atoms with van der Waals surface area (Å²) < 4.78 is 0. The first-order valence-electron chi connectivity index (χ1n) is 10.2. The largest absolute Gasteiger partial charge is 0.344 e. The maximum absolute atomic E-state index is 4.65. The van der Waals surface area contributed by atoms with E-state index < -0.39 is 5.41 Å². The van der Waals surface area contributed by atoms with Gasteiger partial charge in [0.05, 0.1) is 72.9 Å². The number of hydrogen-bond donors (Lipinski definition) is 4. The number of imidazole rings is 4. The Morgan fingerprint density at radius 3 is 1.00 bits per heavy atom. The molecule has 4 aromatic rings. The van der Waals surface area contributed by atoms with Gasteiger partial charge in [0.1, 0.15) is 0 Å². The van der Waals surface area contributed by atoms with E-state index in [2.05, 4.69) is 59.8 Å². The molecule has 0 bridgehead atoms. The van der Waals surface area contributed by atoms with E-state index in [0.29, 0.717) is 26.2 Å². The standard InChI is InChI=1S/C21H24N12/c1(17-5-26-13-30-17)22-9-21(10-23-2-18-6-27-14-31-18,11-24-3-19-7-28-15-32-19)12-25-4-20-8-29-16-33-20/h1-8,13-16H,9-12H2,(H,26,30)(H,27,31)(H,28,32)(H,29,33). The van der Waals surface area contributed by atoms with E-state index in [1.54, 1.807) is 75.0 Å². The molecule has 0 unspecified atom stereocenters. The monoisotopic (exact) mass is 444 g/mol. The number of aromatic nitrogens is 8. The number of aromatic amines is 4. The van der Waals surface area contributed by atoms with Crippen molar-refractivity contribution in [3.63, 3.8) is 0 Å². The predicted octanol–water partition coefficient (Wildman–Crippen LogP) is 1.34. The first kappa shape index (κ1) is 21.7. The van der Waals surface area contributed by atoms with Crippen LogP contribution in [0.15, 0.2) is 70.1 Å². The highest BCUT2D eigenvalue weighted by molar-refractivity contribution is 5.78. The lowest BCUT2D eigenvalue weighted by molar-refractivity contribution is 0.339. The topological polar surface area (TPSA) is 164 Å². The molecule has 0 aromatic carbocycles. The molecule has 12 nitrogen and oxygen atoms in total. The average molecular weight is 445 g/mol. The first-order chi connectivity index (χ1) is 16.3. The van der Waals surface area contributed by atoms with Gasteiger partial charge in [0.2, 0.25) is 0 Å². The van der Waals surface area contributed by atoms with Gasteiger partial charge in [-0.1, -0.05) is 0 Å². The van der Waals surface area contributed by atoms with E-state index in [0.717, 1.165) is 22.8 Å². The van der Waals surface area contributed by atoms with Gasteiger partial charge < -0.3 is 19.9 Å². The summed E-state index contributed by atoms with van der Waals surface area (Å²) in [6.45, 7) is 1.86. The zero-order valence-corrected chi connectivity index (χ0v) is 17.8. The van der Waals surface area contributed by atoms with E-state index in [4.69, 9.17) is 0 Å². The van der Waals surface area contributed by atoms with Gasteiger partial charge in [-0.3, -0.25) is 20.0 Å². The Labute approximate surface area is 189 Å². The Hall–Kier alpha value is -4.48. The van der Waals surface area contributed by atoms with Crippen LogP contribution in [-0.4, -0.2) is 90.9 Å². The molecule has 0 saturated carbocycles. The van der Waals surface area contributed by atoms with Gasteiger partial charge in [-0.2, -0.15) is 0 Å². The van der Waals surface area contributed by atoms with E-state index in [9.17, 15) is 0 Å². The van der Waals surface area contributed by atoms with Crippen LogP contribution < -0.4 is 0 Å². The summed E-state index contributed by atoms with van der Waals surface area (Å²) >= 11 is 0. The van der Waals surface area contributed by atoms with E-state index >= 15 is 0 Å². The van der Waals surface area contributed by atoms with Crippen LogP contribution in [0.1, 0.15) is 22.8 Å². The minimum Gasteiger partial charge on any atom is -0.344 e. The third kappa shape index (κ3) is 6.75. The van der Waals surface area contributed by atoms with E-state index in [1.807, 2.05) is 0 Å². The van der Waals surface area contributed by atoms with Gasteiger partial charge in [0.25, 0.3) is 0 Å². The van der Waals surface area contributed by atoms with Crippen LogP contribution in [0.5, 0.6) is 0 Å². The maximum Gasteiger partial charge on any atom is 0.0924 e. The molecule has 0 atom stereocenters. The summed E-state index contributed by atoms with van der Waals surface area (Å²) in [7, 11) is 0. The SMILES string of the molecule is C(=NCC(CN=Cc1cnc[nH]1)(CN=Cc1cnc[nH]1)CN=Cc1cnc[nH]1)c1cnc[nH]1. The minimum absolute atomic E-state index is 0.458. The molecule has 12 heteroatoms. The van der Waals surface area contributed by atoms with Gasteiger partial charge in [0, 0.05) is 56.5 Å². The molecule has 168 valence electrons. The molecule has 0 aliphatic carbocycles. The molecule has 0 amide bonds. The minimum atomic E-state index is -0.458. The molecule has 0 aliphatic heterocycles. The molecule has 0 saturated heterocycles. The zero-order valence-electron chi connectivity index (χ0n) is 17.8. The van der Waals surface area contributed by atoms with Crippen molar-refractivity contribution in [3.05, 3.63) is 72.9 Å². The molecule has 4 N–H and O–H groups in total. The van der Waals surface area contributed by atoms with Crippen molar-refractivity contribution >= 4 is 24.9 Å². The molecule has 4 rings (SSSR count). The molecule has 0 aliphatic rings. The number of rotatable bonds is 12. The highest BCUT2D eigenvalue weighted by Crippen LogP contribution is 2.21. The van der Waals surface area contributed by atoms with Crippen LogP contribution in [0.3, 0.4) is 0 Å². The molecular weight excluding hydrogens is 420 g/mol. The summed E-state index contributed by atoms with van der Waals surface area (Å²) in [4.78, 5) is 46.8. The fourth-order valence-corrected chi connectivity index (χ4v) is 3.00. The van der Waals surface area contributed by atoms with Crippen molar-refractivity contribution < 1.29 is 0 Å². The van der Waals surface area contributed by atoms with Crippen LogP contribution in [0.4, 0.5) is 0 Å².